The number of aromatic amines is 1. The Labute approximate surface area is 115 Å². The molecule has 0 aliphatic carbocycles. The quantitative estimate of drug-likeness (QED) is 0.579. The summed E-state index contributed by atoms with van der Waals surface area (Å²) in [6, 6.07) is 16.8. The first-order valence-corrected chi connectivity index (χ1v) is 7.05. The van der Waals surface area contributed by atoms with Gasteiger partial charge in [0.15, 0.2) is 0 Å². The lowest BCUT2D eigenvalue weighted by Gasteiger charge is -2.05. The van der Waals surface area contributed by atoms with Gasteiger partial charge in [-0.1, -0.05) is 64.1 Å². The molecule has 3 aromatic rings. The van der Waals surface area contributed by atoms with E-state index >= 15 is 0 Å². The number of nitrogens with one attached hydrogen (secondary N) is 1. The smallest absolute Gasteiger partial charge is 0.0464 e. The standard InChI is InChI=1S/C12H9N.C6H14/c1-3-7-11-9(5-1)10-6-2-4-8-12(10)13-11;1-5(2)6(3)4/h1-8,13H;5-6H,1-4H3. The maximum absolute atomic E-state index is 3.38. The number of hydrogen-bond acceptors (Lipinski definition) is 0. The van der Waals surface area contributed by atoms with Gasteiger partial charge in [-0.2, -0.15) is 0 Å². The fourth-order valence-electron chi connectivity index (χ4n) is 1.80. The van der Waals surface area contributed by atoms with E-state index in [-0.39, 0.29) is 0 Å². The molecular formula is C18H23N. The minimum atomic E-state index is 0.852. The van der Waals surface area contributed by atoms with Crippen LogP contribution in [0.5, 0.6) is 0 Å². The number of H-pyrrole nitrogens is 1. The fraction of sp³-hybridized carbons (Fsp3) is 0.333. The van der Waals surface area contributed by atoms with E-state index in [4.69, 9.17) is 0 Å². The van der Waals surface area contributed by atoms with E-state index in [1.165, 1.54) is 21.8 Å². The highest BCUT2D eigenvalue weighted by Crippen LogP contribution is 2.24. The van der Waals surface area contributed by atoms with Gasteiger partial charge in [-0.3, -0.25) is 0 Å². The maximum atomic E-state index is 3.38. The van der Waals surface area contributed by atoms with Gasteiger partial charge in [-0.15, -0.1) is 0 Å². The Kier molecular flexibility index (Phi) is 4.26. The Morgan fingerprint density at radius 2 is 1.00 bits per heavy atom. The third-order valence-corrected chi connectivity index (χ3v) is 3.75. The summed E-state index contributed by atoms with van der Waals surface area (Å²) in [5.41, 5.74) is 2.42. The maximum Gasteiger partial charge on any atom is 0.0464 e. The minimum absolute atomic E-state index is 0.852. The van der Waals surface area contributed by atoms with Gasteiger partial charge in [0.2, 0.25) is 0 Å². The molecule has 100 valence electrons. The normalized spacial score (nSPS) is 11.1. The van der Waals surface area contributed by atoms with Gasteiger partial charge in [-0.25, -0.2) is 0 Å². The van der Waals surface area contributed by atoms with Gasteiger partial charge >= 0.3 is 0 Å². The number of benzene rings is 2. The average Bonchev–Trinajstić information content (AvgIpc) is 2.78. The summed E-state index contributed by atoms with van der Waals surface area (Å²) >= 11 is 0. The van der Waals surface area contributed by atoms with Crippen molar-refractivity contribution in [1.82, 2.24) is 4.98 Å². The molecule has 1 aromatic heterocycles. The number of rotatable bonds is 1. The van der Waals surface area contributed by atoms with Crippen molar-refractivity contribution in [2.24, 2.45) is 11.8 Å². The van der Waals surface area contributed by atoms with Crippen LogP contribution in [0.1, 0.15) is 27.7 Å². The minimum Gasteiger partial charge on any atom is -0.355 e. The van der Waals surface area contributed by atoms with Gasteiger partial charge in [0.05, 0.1) is 0 Å². The summed E-state index contributed by atoms with van der Waals surface area (Å²) < 4.78 is 0. The van der Waals surface area contributed by atoms with Crippen LogP contribution in [-0.2, 0) is 0 Å². The van der Waals surface area contributed by atoms with Crippen molar-refractivity contribution >= 4 is 21.8 Å². The first-order valence-electron chi connectivity index (χ1n) is 7.05. The molecule has 0 unspecified atom stereocenters. The Morgan fingerprint density at radius 1 is 0.632 bits per heavy atom. The van der Waals surface area contributed by atoms with Crippen molar-refractivity contribution in [3.05, 3.63) is 48.5 Å². The summed E-state index contributed by atoms with van der Waals surface area (Å²) in [7, 11) is 0. The van der Waals surface area contributed by atoms with Gasteiger partial charge < -0.3 is 4.98 Å². The van der Waals surface area contributed by atoms with Crippen molar-refractivity contribution in [2.75, 3.05) is 0 Å². The predicted octanol–water partition coefficient (Wildman–Crippen LogP) is 5.62. The van der Waals surface area contributed by atoms with Crippen molar-refractivity contribution in [3.63, 3.8) is 0 Å². The van der Waals surface area contributed by atoms with E-state index in [1.807, 2.05) is 0 Å². The Hall–Kier alpha value is -1.76. The molecule has 0 aliphatic rings. The molecule has 1 heteroatoms. The number of para-hydroxylation sites is 2. The van der Waals surface area contributed by atoms with E-state index in [2.05, 4.69) is 81.2 Å². The lowest BCUT2D eigenvalue weighted by Crippen LogP contribution is -1.95. The van der Waals surface area contributed by atoms with Gasteiger partial charge in [0.1, 0.15) is 0 Å². The summed E-state index contributed by atoms with van der Waals surface area (Å²) in [5.74, 6) is 1.70. The molecule has 0 spiro atoms. The first-order chi connectivity index (χ1) is 9.09. The Morgan fingerprint density at radius 3 is 1.37 bits per heavy atom. The third kappa shape index (κ3) is 3.17. The van der Waals surface area contributed by atoms with E-state index in [9.17, 15) is 0 Å². The topological polar surface area (TPSA) is 15.8 Å². The molecule has 0 amide bonds. The van der Waals surface area contributed by atoms with Crippen molar-refractivity contribution in [1.29, 1.82) is 0 Å². The molecule has 0 saturated carbocycles. The second-order valence-corrected chi connectivity index (χ2v) is 5.70. The van der Waals surface area contributed by atoms with Crippen LogP contribution in [0, 0.1) is 11.8 Å². The lowest BCUT2D eigenvalue weighted by atomic mass is 10.0. The highest BCUT2D eigenvalue weighted by Gasteiger charge is 2.00. The summed E-state index contributed by atoms with van der Waals surface area (Å²) in [6.07, 6.45) is 0. The molecule has 0 bridgehead atoms. The van der Waals surface area contributed by atoms with Gasteiger partial charge in [0.25, 0.3) is 0 Å². The fourth-order valence-corrected chi connectivity index (χ4v) is 1.80. The highest BCUT2D eigenvalue weighted by atomic mass is 14.7. The van der Waals surface area contributed by atoms with Crippen LogP contribution in [0.2, 0.25) is 0 Å². The second-order valence-electron chi connectivity index (χ2n) is 5.70. The largest absolute Gasteiger partial charge is 0.355 e. The highest BCUT2D eigenvalue weighted by molar-refractivity contribution is 6.06. The molecule has 2 aromatic carbocycles. The van der Waals surface area contributed by atoms with E-state index < -0.39 is 0 Å². The van der Waals surface area contributed by atoms with Crippen LogP contribution in [0.15, 0.2) is 48.5 Å². The molecular weight excluding hydrogens is 230 g/mol. The van der Waals surface area contributed by atoms with Crippen LogP contribution in [0.4, 0.5) is 0 Å². The van der Waals surface area contributed by atoms with Crippen LogP contribution in [-0.4, -0.2) is 4.98 Å². The second kappa shape index (κ2) is 5.92. The van der Waals surface area contributed by atoms with Gasteiger partial charge in [0, 0.05) is 21.8 Å². The molecule has 0 fully saturated rings. The number of fused-ring (bicyclic) bond motifs is 3. The van der Waals surface area contributed by atoms with E-state index in [1.54, 1.807) is 0 Å². The molecule has 1 nitrogen and oxygen atoms in total. The van der Waals surface area contributed by atoms with Crippen LogP contribution in [0.25, 0.3) is 21.8 Å². The van der Waals surface area contributed by atoms with Crippen LogP contribution >= 0.6 is 0 Å². The molecule has 3 rings (SSSR count). The van der Waals surface area contributed by atoms with Crippen LogP contribution < -0.4 is 0 Å². The zero-order chi connectivity index (χ0) is 13.8. The van der Waals surface area contributed by atoms with Crippen molar-refractivity contribution in [2.45, 2.75) is 27.7 Å². The van der Waals surface area contributed by atoms with Gasteiger partial charge in [-0.05, 0) is 24.0 Å². The first kappa shape index (κ1) is 13.7. The summed E-state index contributed by atoms with van der Waals surface area (Å²) in [5, 5.41) is 2.61. The summed E-state index contributed by atoms with van der Waals surface area (Å²) in [6.45, 7) is 8.96. The molecule has 0 atom stereocenters. The molecule has 1 heterocycles. The molecule has 0 radical (unpaired) electrons. The van der Waals surface area contributed by atoms with Crippen molar-refractivity contribution < 1.29 is 0 Å². The Bertz CT molecular complexity index is 590. The monoisotopic (exact) mass is 253 g/mol. The summed E-state index contributed by atoms with van der Waals surface area (Å²) in [4.78, 5) is 3.38. The average molecular weight is 253 g/mol. The number of aromatic nitrogens is 1. The van der Waals surface area contributed by atoms with E-state index in [0.29, 0.717) is 0 Å². The Balaban J connectivity index is 0.000000192. The zero-order valence-electron chi connectivity index (χ0n) is 12.3. The van der Waals surface area contributed by atoms with Crippen molar-refractivity contribution in [3.8, 4) is 0 Å². The number of hydrogen-bond donors (Lipinski definition) is 1. The van der Waals surface area contributed by atoms with Crippen LogP contribution in [0.3, 0.4) is 0 Å². The van der Waals surface area contributed by atoms with E-state index in [0.717, 1.165) is 11.8 Å². The molecule has 19 heavy (non-hydrogen) atoms. The third-order valence-electron chi connectivity index (χ3n) is 3.75. The molecule has 0 saturated heterocycles. The lowest BCUT2D eigenvalue weighted by molar-refractivity contribution is 0.457. The SMILES string of the molecule is CC(C)C(C)C.c1ccc2c(c1)[nH]c1ccccc12. The predicted molar refractivity (Wildman–Crippen MR) is 85.5 cm³/mol. The molecule has 1 N–H and O–H groups in total. The zero-order valence-corrected chi connectivity index (χ0v) is 12.3. The molecule has 0 aliphatic heterocycles.